The molecule has 0 spiro atoms. The van der Waals surface area contributed by atoms with Crippen LogP contribution in [0.5, 0.6) is 0 Å². The molecule has 3 aromatic carbocycles. The Labute approximate surface area is 160 Å². The Morgan fingerprint density at radius 3 is 2.68 bits per heavy atom. The van der Waals surface area contributed by atoms with Crippen molar-refractivity contribution in [2.24, 2.45) is 7.05 Å². The van der Waals surface area contributed by atoms with Gasteiger partial charge in [-0.05, 0) is 30.7 Å². The second-order valence-corrected chi connectivity index (χ2v) is 7.27. The third-order valence-corrected chi connectivity index (χ3v) is 5.83. The van der Waals surface area contributed by atoms with Crippen molar-refractivity contribution in [2.75, 3.05) is 0 Å². The van der Waals surface area contributed by atoms with Crippen LogP contribution in [0.3, 0.4) is 0 Å². The van der Waals surface area contributed by atoms with E-state index in [4.69, 9.17) is 11.0 Å². The lowest BCUT2D eigenvalue weighted by atomic mass is 10.0. The molecule has 4 heteroatoms. The van der Waals surface area contributed by atoms with Crippen molar-refractivity contribution in [3.8, 4) is 0 Å². The molecule has 0 aliphatic rings. The summed E-state index contributed by atoms with van der Waals surface area (Å²) in [5.41, 5.74) is 6.76. The van der Waals surface area contributed by atoms with Gasteiger partial charge in [-0.15, -0.1) is 0 Å². The fourth-order valence-electron chi connectivity index (χ4n) is 4.67. The summed E-state index contributed by atoms with van der Waals surface area (Å²) in [7, 11) is 2.05. The van der Waals surface area contributed by atoms with Gasteiger partial charge in [-0.2, -0.15) is 4.40 Å². The minimum atomic E-state index is 0.606. The molecule has 0 bridgehead atoms. The summed E-state index contributed by atoms with van der Waals surface area (Å²) in [6.45, 7) is 9.90. The first-order valence-electron chi connectivity index (χ1n) is 9.22. The fraction of sp³-hybridized carbons (Fsp3) is 0.0833. The first-order chi connectivity index (χ1) is 13.7. The number of fused-ring (bicyclic) bond motifs is 10. The van der Waals surface area contributed by atoms with Gasteiger partial charge in [0.15, 0.2) is 11.0 Å². The predicted molar refractivity (Wildman–Crippen MR) is 112 cm³/mol. The maximum absolute atomic E-state index is 7.75. The highest BCUT2D eigenvalue weighted by atomic mass is 16.3. The van der Waals surface area contributed by atoms with Gasteiger partial charge >= 0.3 is 0 Å². The highest BCUT2D eigenvalue weighted by Crippen LogP contribution is 2.38. The van der Waals surface area contributed by atoms with Crippen LogP contribution in [0.15, 0.2) is 65.3 Å². The molecule has 6 aromatic rings. The Morgan fingerprint density at radius 2 is 1.82 bits per heavy atom. The van der Waals surface area contributed by atoms with Crippen LogP contribution in [0.2, 0.25) is 0 Å². The highest BCUT2D eigenvalue weighted by molar-refractivity contribution is 6.17. The maximum atomic E-state index is 7.75. The van der Waals surface area contributed by atoms with E-state index in [9.17, 15) is 0 Å². The van der Waals surface area contributed by atoms with Crippen LogP contribution in [0.1, 0.15) is 5.56 Å². The minimum absolute atomic E-state index is 0.606. The number of imidazole rings is 1. The molecule has 0 unspecified atom stereocenters. The Balaban J connectivity index is 2.13. The lowest BCUT2D eigenvalue weighted by Crippen LogP contribution is -2.27. The average Bonchev–Trinajstić information content (AvgIpc) is 3.30. The number of furan rings is 1. The number of hydrogen-bond acceptors (Lipinski definition) is 1. The molecular weight excluding hydrogens is 346 g/mol. The Morgan fingerprint density at radius 1 is 1.00 bits per heavy atom. The van der Waals surface area contributed by atoms with E-state index < -0.39 is 0 Å². The number of para-hydroxylation sites is 1. The molecule has 4 nitrogen and oxygen atoms in total. The van der Waals surface area contributed by atoms with E-state index in [0.717, 1.165) is 33.2 Å². The molecule has 132 valence electrons. The van der Waals surface area contributed by atoms with E-state index in [1.807, 2.05) is 12.1 Å². The molecule has 0 aliphatic heterocycles. The number of benzene rings is 3. The number of hydrogen-bond donors (Lipinski definition) is 0. The van der Waals surface area contributed by atoms with Gasteiger partial charge in [0.05, 0.1) is 30.7 Å². The van der Waals surface area contributed by atoms with E-state index in [1.165, 1.54) is 21.7 Å². The quantitative estimate of drug-likeness (QED) is 0.190. The predicted octanol–water partition coefficient (Wildman–Crippen LogP) is 5.83. The van der Waals surface area contributed by atoms with Gasteiger partial charge in [-0.1, -0.05) is 36.4 Å². The van der Waals surface area contributed by atoms with E-state index in [-0.39, 0.29) is 0 Å². The third-order valence-electron chi connectivity index (χ3n) is 5.83. The molecule has 0 fully saturated rings. The van der Waals surface area contributed by atoms with Gasteiger partial charge < -0.3 is 4.42 Å². The van der Waals surface area contributed by atoms with Gasteiger partial charge in [0.1, 0.15) is 11.1 Å². The molecule has 0 amide bonds. The normalized spacial score (nSPS) is 11.9. The summed E-state index contributed by atoms with van der Waals surface area (Å²) < 4.78 is 10.1. The zero-order valence-corrected chi connectivity index (χ0v) is 15.5. The average molecular weight is 362 g/mol. The number of pyridine rings is 1. The lowest BCUT2D eigenvalue weighted by molar-refractivity contribution is -0.616. The van der Waals surface area contributed by atoms with Gasteiger partial charge in [0, 0.05) is 10.8 Å². The van der Waals surface area contributed by atoms with Gasteiger partial charge in [-0.25, -0.2) is 9.41 Å². The van der Waals surface area contributed by atoms with E-state index in [1.54, 1.807) is 6.26 Å². The summed E-state index contributed by atoms with van der Waals surface area (Å²) in [6, 6.07) is 18.8. The zero-order valence-electron chi connectivity index (χ0n) is 15.5. The summed E-state index contributed by atoms with van der Waals surface area (Å²) in [6.07, 6.45) is 1.70. The SMILES string of the molecule is [C-]#[N+]c1cc2occc2c2c1[n+](C)c1c3c(C)cccc3c3ccccc3n21. The van der Waals surface area contributed by atoms with Crippen LogP contribution in [-0.4, -0.2) is 4.40 Å². The second kappa shape index (κ2) is 5.11. The molecule has 0 saturated carbocycles. The van der Waals surface area contributed by atoms with Crippen LogP contribution in [-0.2, 0) is 7.05 Å². The van der Waals surface area contributed by atoms with Crippen molar-refractivity contribution in [3.05, 3.63) is 77.8 Å². The number of aryl methyl sites for hydroxylation is 2. The summed E-state index contributed by atoms with van der Waals surface area (Å²) in [5, 5.41) is 4.67. The lowest BCUT2D eigenvalue weighted by Gasteiger charge is -2.06. The first kappa shape index (κ1) is 15.2. The van der Waals surface area contributed by atoms with Crippen LogP contribution in [0.4, 0.5) is 5.69 Å². The monoisotopic (exact) mass is 362 g/mol. The van der Waals surface area contributed by atoms with Gasteiger partial charge in [-0.3, -0.25) is 0 Å². The van der Waals surface area contributed by atoms with Crippen LogP contribution >= 0.6 is 0 Å². The third kappa shape index (κ3) is 1.67. The van der Waals surface area contributed by atoms with Crippen molar-refractivity contribution < 1.29 is 8.98 Å². The van der Waals surface area contributed by atoms with Gasteiger partial charge in [0.25, 0.3) is 5.65 Å². The van der Waals surface area contributed by atoms with Crippen LogP contribution < -0.4 is 4.57 Å². The van der Waals surface area contributed by atoms with Gasteiger partial charge in [0.2, 0.25) is 5.69 Å². The molecular formula is C24H16N3O+. The van der Waals surface area contributed by atoms with Crippen molar-refractivity contribution in [1.29, 1.82) is 0 Å². The zero-order chi connectivity index (χ0) is 19.0. The number of nitrogens with zero attached hydrogens (tertiary/aromatic N) is 3. The number of rotatable bonds is 0. The van der Waals surface area contributed by atoms with Crippen LogP contribution in [0.25, 0.3) is 54.2 Å². The molecule has 0 aliphatic carbocycles. The molecule has 0 saturated heterocycles. The van der Waals surface area contributed by atoms with Crippen molar-refractivity contribution in [1.82, 2.24) is 4.40 Å². The van der Waals surface area contributed by atoms with E-state index >= 15 is 0 Å². The standard InChI is InChI=1S/C24H16N3O/c1-14-7-6-9-16-15-8-4-5-10-19(15)27-22-17-11-12-28-20(17)13-18(25-2)23(22)26(3)24(27)21(14)16/h4-13H,1,3H3/q+1. The molecule has 28 heavy (non-hydrogen) atoms. The summed E-state index contributed by atoms with van der Waals surface area (Å²) in [4.78, 5) is 3.82. The first-order valence-corrected chi connectivity index (χ1v) is 9.22. The smallest absolute Gasteiger partial charge is 0.294 e. The maximum Gasteiger partial charge on any atom is 0.294 e. The van der Waals surface area contributed by atoms with Crippen molar-refractivity contribution in [2.45, 2.75) is 6.92 Å². The Kier molecular flexibility index (Phi) is 2.78. The Hall–Kier alpha value is -3.84. The van der Waals surface area contributed by atoms with Crippen molar-refractivity contribution in [3.63, 3.8) is 0 Å². The second-order valence-electron chi connectivity index (χ2n) is 7.27. The molecule has 0 radical (unpaired) electrons. The summed E-state index contributed by atoms with van der Waals surface area (Å²) in [5.74, 6) is 0. The van der Waals surface area contributed by atoms with E-state index in [0.29, 0.717) is 5.69 Å². The molecule has 3 aromatic heterocycles. The van der Waals surface area contributed by atoms with Crippen LogP contribution in [0, 0.1) is 13.5 Å². The number of aromatic nitrogens is 2. The highest BCUT2D eigenvalue weighted by Gasteiger charge is 2.28. The minimum Gasteiger partial charge on any atom is -0.466 e. The van der Waals surface area contributed by atoms with Crippen molar-refractivity contribution >= 4 is 55.0 Å². The Bertz CT molecular complexity index is 1640. The van der Waals surface area contributed by atoms with E-state index in [2.05, 4.69) is 70.2 Å². The largest absolute Gasteiger partial charge is 0.466 e. The fourth-order valence-corrected chi connectivity index (χ4v) is 4.67. The topological polar surface area (TPSA) is 25.8 Å². The summed E-state index contributed by atoms with van der Waals surface area (Å²) >= 11 is 0. The molecule has 0 N–H and O–H groups in total. The molecule has 0 atom stereocenters. The molecule has 6 rings (SSSR count). The molecule has 3 heterocycles.